The summed E-state index contributed by atoms with van der Waals surface area (Å²) in [4.78, 5) is 43.3. The van der Waals surface area contributed by atoms with Crippen molar-refractivity contribution in [2.75, 3.05) is 41.0 Å². The molecule has 1 aromatic carbocycles. The highest BCUT2D eigenvalue weighted by Crippen LogP contribution is 2.28. The Bertz CT molecular complexity index is 1090. The number of benzene rings is 1. The highest BCUT2D eigenvalue weighted by molar-refractivity contribution is 5.98. The van der Waals surface area contributed by atoms with Gasteiger partial charge in [-0.1, -0.05) is 30.3 Å². The van der Waals surface area contributed by atoms with E-state index < -0.39 is 35.9 Å². The van der Waals surface area contributed by atoms with Crippen LogP contribution in [0.4, 0.5) is 0 Å². The number of hydrogen-bond acceptors (Lipinski definition) is 9. The van der Waals surface area contributed by atoms with E-state index in [1.807, 2.05) is 30.3 Å². The van der Waals surface area contributed by atoms with Crippen molar-refractivity contribution < 1.29 is 38.4 Å². The zero-order valence-corrected chi connectivity index (χ0v) is 22.1. The van der Waals surface area contributed by atoms with Crippen LogP contribution in [0.25, 0.3) is 0 Å². The molecule has 4 atom stereocenters. The number of methoxy groups -OCH3 is 1. The standard InChI is InChI=1S/C27H35N3O8/c1-17-25(37-13-11-22(31)30(2)3)19(14-18-8-6-5-7-9-18)15-36-16-20(27(34)38-17)29-26(33)23-24(32)21(35-4)10-12-28-23/h5-10,12,17,19-20,25,32H,11,13-16H2,1-4H3,(H,29,33). The van der Waals surface area contributed by atoms with Gasteiger partial charge in [-0.25, -0.2) is 9.78 Å². The average molecular weight is 530 g/mol. The Morgan fingerprint density at radius 3 is 2.61 bits per heavy atom. The van der Waals surface area contributed by atoms with Crippen molar-refractivity contribution in [2.45, 2.75) is 38.0 Å². The van der Waals surface area contributed by atoms with Crippen molar-refractivity contribution in [1.82, 2.24) is 15.2 Å². The van der Waals surface area contributed by atoms with Crippen molar-refractivity contribution in [3.05, 3.63) is 53.9 Å². The monoisotopic (exact) mass is 529 g/mol. The molecule has 206 valence electrons. The predicted octanol–water partition coefficient (Wildman–Crippen LogP) is 1.58. The Labute approximate surface area is 222 Å². The maximum atomic E-state index is 13.0. The number of nitrogens with one attached hydrogen (secondary N) is 1. The number of hydrogen-bond donors (Lipinski definition) is 2. The van der Waals surface area contributed by atoms with E-state index in [0.29, 0.717) is 6.42 Å². The molecule has 1 aromatic heterocycles. The van der Waals surface area contributed by atoms with Crippen LogP contribution in [-0.2, 0) is 30.2 Å². The SMILES string of the molecule is COc1ccnc(C(=O)NC2COCC(Cc3ccccc3)C(OCCC(=O)N(C)C)C(C)OC2=O)c1O. The smallest absolute Gasteiger partial charge is 0.331 e. The first kappa shape index (κ1) is 28.9. The second-order valence-corrected chi connectivity index (χ2v) is 9.24. The lowest BCUT2D eigenvalue weighted by atomic mass is 9.91. The maximum absolute atomic E-state index is 13.0. The van der Waals surface area contributed by atoms with E-state index >= 15 is 0 Å². The van der Waals surface area contributed by atoms with Crippen molar-refractivity contribution in [2.24, 2.45) is 5.92 Å². The number of pyridine rings is 1. The highest BCUT2D eigenvalue weighted by atomic mass is 16.6. The minimum atomic E-state index is -1.15. The van der Waals surface area contributed by atoms with E-state index in [1.165, 1.54) is 24.3 Å². The molecule has 2 N–H and O–H groups in total. The Morgan fingerprint density at radius 1 is 1.18 bits per heavy atom. The molecule has 11 nitrogen and oxygen atoms in total. The number of rotatable bonds is 9. The molecule has 2 amide bonds. The zero-order valence-electron chi connectivity index (χ0n) is 22.1. The molecule has 1 aliphatic rings. The van der Waals surface area contributed by atoms with Crippen LogP contribution < -0.4 is 10.1 Å². The second kappa shape index (κ2) is 13.7. The van der Waals surface area contributed by atoms with Gasteiger partial charge >= 0.3 is 5.97 Å². The number of carbonyl (C=O) groups excluding carboxylic acids is 3. The van der Waals surface area contributed by atoms with E-state index in [0.717, 1.165) is 5.56 Å². The molecule has 38 heavy (non-hydrogen) atoms. The fourth-order valence-electron chi connectivity index (χ4n) is 4.18. The van der Waals surface area contributed by atoms with Gasteiger partial charge in [0.15, 0.2) is 23.2 Å². The minimum Gasteiger partial charge on any atom is -0.503 e. The van der Waals surface area contributed by atoms with Crippen LogP contribution in [0.2, 0.25) is 0 Å². The molecular formula is C27H35N3O8. The lowest BCUT2D eigenvalue weighted by molar-refractivity contribution is -0.161. The Balaban J connectivity index is 1.77. The largest absolute Gasteiger partial charge is 0.503 e. The van der Waals surface area contributed by atoms with Gasteiger partial charge in [0, 0.05) is 32.3 Å². The molecule has 0 spiro atoms. The van der Waals surface area contributed by atoms with Crippen LogP contribution >= 0.6 is 0 Å². The van der Waals surface area contributed by atoms with Crippen LogP contribution in [0, 0.1) is 5.92 Å². The summed E-state index contributed by atoms with van der Waals surface area (Å²) in [7, 11) is 4.70. The van der Waals surface area contributed by atoms with Crippen LogP contribution in [0.15, 0.2) is 42.6 Å². The van der Waals surface area contributed by atoms with E-state index in [-0.39, 0.29) is 49.5 Å². The third kappa shape index (κ3) is 7.65. The normalized spacial score (nSPS) is 21.8. The first-order chi connectivity index (χ1) is 18.2. The quantitative estimate of drug-likeness (QED) is 0.464. The molecular weight excluding hydrogens is 494 g/mol. The van der Waals surface area contributed by atoms with Gasteiger partial charge in [-0.05, 0) is 18.9 Å². The molecule has 0 bridgehead atoms. The topological polar surface area (TPSA) is 137 Å². The molecule has 2 aromatic rings. The predicted molar refractivity (Wildman–Crippen MR) is 137 cm³/mol. The van der Waals surface area contributed by atoms with Gasteiger partial charge in [0.05, 0.1) is 39.5 Å². The third-order valence-corrected chi connectivity index (χ3v) is 6.22. The van der Waals surface area contributed by atoms with Gasteiger partial charge in [0.1, 0.15) is 6.10 Å². The molecule has 11 heteroatoms. The van der Waals surface area contributed by atoms with Crippen molar-refractivity contribution >= 4 is 17.8 Å². The summed E-state index contributed by atoms with van der Waals surface area (Å²) in [6.45, 7) is 1.93. The minimum absolute atomic E-state index is 0.0727. The molecule has 0 saturated carbocycles. The van der Waals surface area contributed by atoms with E-state index in [9.17, 15) is 19.5 Å². The number of aromatic nitrogens is 1. The number of nitrogens with zero attached hydrogens (tertiary/aromatic N) is 2. The van der Waals surface area contributed by atoms with Crippen LogP contribution in [0.5, 0.6) is 11.5 Å². The van der Waals surface area contributed by atoms with E-state index in [1.54, 1.807) is 21.0 Å². The van der Waals surface area contributed by atoms with Crippen LogP contribution in [0.3, 0.4) is 0 Å². The van der Waals surface area contributed by atoms with Crippen LogP contribution in [0.1, 0.15) is 29.4 Å². The summed E-state index contributed by atoms with van der Waals surface area (Å²) in [6, 6.07) is 10.0. The van der Waals surface area contributed by atoms with Gasteiger partial charge in [-0.15, -0.1) is 0 Å². The third-order valence-electron chi connectivity index (χ3n) is 6.22. The number of carbonyl (C=O) groups is 3. The zero-order chi connectivity index (χ0) is 27.7. The molecule has 0 radical (unpaired) electrons. The molecule has 4 unspecified atom stereocenters. The Kier molecular flexibility index (Phi) is 10.4. The van der Waals surface area contributed by atoms with E-state index in [2.05, 4.69) is 10.3 Å². The lowest BCUT2D eigenvalue weighted by Gasteiger charge is -2.31. The Morgan fingerprint density at radius 2 is 1.92 bits per heavy atom. The van der Waals surface area contributed by atoms with Gasteiger partial charge < -0.3 is 34.3 Å². The summed E-state index contributed by atoms with van der Waals surface area (Å²) >= 11 is 0. The molecule has 1 saturated heterocycles. The Hall–Kier alpha value is -3.70. The van der Waals surface area contributed by atoms with Crippen molar-refractivity contribution in [3.63, 3.8) is 0 Å². The fraction of sp³-hybridized carbons (Fsp3) is 0.481. The van der Waals surface area contributed by atoms with Gasteiger partial charge in [0.25, 0.3) is 5.91 Å². The molecule has 0 aliphatic carbocycles. The maximum Gasteiger partial charge on any atom is 0.331 e. The molecule has 3 rings (SSSR count). The van der Waals surface area contributed by atoms with E-state index in [4.69, 9.17) is 18.9 Å². The van der Waals surface area contributed by atoms with Crippen molar-refractivity contribution in [3.8, 4) is 11.5 Å². The average Bonchev–Trinajstić information content (AvgIpc) is 2.94. The number of esters is 1. The number of cyclic esters (lactones) is 1. The molecule has 1 fully saturated rings. The fourth-order valence-corrected chi connectivity index (χ4v) is 4.18. The van der Waals surface area contributed by atoms with Crippen molar-refractivity contribution in [1.29, 1.82) is 0 Å². The molecule has 1 aliphatic heterocycles. The summed E-state index contributed by atoms with van der Waals surface area (Å²) < 4.78 is 22.8. The first-order valence-electron chi connectivity index (χ1n) is 12.4. The van der Waals surface area contributed by atoms with Gasteiger partial charge in [-0.3, -0.25) is 9.59 Å². The van der Waals surface area contributed by atoms with Crippen LogP contribution in [-0.4, -0.2) is 92.0 Å². The number of amides is 2. The summed E-state index contributed by atoms with van der Waals surface area (Å²) in [5.41, 5.74) is 0.764. The number of ether oxygens (including phenoxy) is 4. The number of aromatic hydroxyl groups is 1. The summed E-state index contributed by atoms with van der Waals surface area (Å²) in [5.74, 6) is -2.15. The second-order valence-electron chi connectivity index (χ2n) is 9.24. The molecule has 2 heterocycles. The summed E-state index contributed by atoms with van der Waals surface area (Å²) in [5, 5.41) is 12.8. The summed E-state index contributed by atoms with van der Waals surface area (Å²) in [6.07, 6.45) is 0.819. The van der Waals surface area contributed by atoms with Gasteiger partial charge in [0.2, 0.25) is 5.91 Å². The van der Waals surface area contributed by atoms with Gasteiger partial charge in [-0.2, -0.15) is 0 Å². The lowest BCUT2D eigenvalue weighted by Crippen LogP contribution is -2.46. The highest BCUT2D eigenvalue weighted by Gasteiger charge is 2.36. The first-order valence-corrected chi connectivity index (χ1v) is 12.4.